The Labute approximate surface area is 122 Å². The maximum atomic E-state index is 12.0. The molecule has 0 unspecified atom stereocenters. The molecule has 0 spiro atoms. The zero-order valence-electron chi connectivity index (χ0n) is 12.3. The third-order valence-electron chi connectivity index (χ3n) is 3.06. The second-order valence-electron chi connectivity index (χ2n) is 4.98. The van der Waals surface area contributed by atoms with E-state index in [-0.39, 0.29) is 30.9 Å². The van der Waals surface area contributed by atoms with Gasteiger partial charge in [-0.1, -0.05) is 5.10 Å². The van der Waals surface area contributed by atoms with Crippen molar-refractivity contribution in [2.75, 3.05) is 51.6 Å². The summed E-state index contributed by atoms with van der Waals surface area (Å²) in [4.78, 5) is 27.3. The van der Waals surface area contributed by atoms with Gasteiger partial charge in [-0.25, -0.2) is 0 Å². The highest BCUT2D eigenvalue weighted by Crippen LogP contribution is 2.03. The SMILES string of the molecule is Cc1nnc(NC(=O)CN(C)CC(=O)N2CCNCC2)o1. The van der Waals surface area contributed by atoms with Crippen molar-refractivity contribution in [3.8, 4) is 0 Å². The second-order valence-corrected chi connectivity index (χ2v) is 4.98. The predicted molar refractivity (Wildman–Crippen MR) is 74.6 cm³/mol. The van der Waals surface area contributed by atoms with Gasteiger partial charge >= 0.3 is 6.01 Å². The molecule has 116 valence electrons. The topological polar surface area (TPSA) is 104 Å². The van der Waals surface area contributed by atoms with Gasteiger partial charge < -0.3 is 14.6 Å². The summed E-state index contributed by atoms with van der Waals surface area (Å²) in [6.07, 6.45) is 0. The summed E-state index contributed by atoms with van der Waals surface area (Å²) < 4.78 is 5.06. The van der Waals surface area contributed by atoms with Crippen molar-refractivity contribution in [1.82, 2.24) is 25.3 Å². The van der Waals surface area contributed by atoms with E-state index in [1.807, 2.05) is 0 Å². The van der Waals surface area contributed by atoms with Crippen LogP contribution in [0.15, 0.2) is 4.42 Å². The van der Waals surface area contributed by atoms with Crippen LogP contribution in [0.5, 0.6) is 0 Å². The lowest BCUT2D eigenvalue weighted by molar-refractivity contribution is -0.133. The number of amides is 2. The van der Waals surface area contributed by atoms with Crippen LogP contribution in [0.1, 0.15) is 5.89 Å². The van der Waals surface area contributed by atoms with Crippen LogP contribution in [0.2, 0.25) is 0 Å². The number of nitrogens with one attached hydrogen (secondary N) is 2. The lowest BCUT2D eigenvalue weighted by Crippen LogP contribution is -2.49. The van der Waals surface area contributed by atoms with Crippen molar-refractivity contribution in [3.05, 3.63) is 5.89 Å². The van der Waals surface area contributed by atoms with Crippen LogP contribution in [-0.4, -0.2) is 78.1 Å². The van der Waals surface area contributed by atoms with E-state index < -0.39 is 0 Å². The number of anilines is 1. The Morgan fingerprint density at radius 1 is 1.33 bits per heavy atom. The summed E-state index contributed by atoms with van der Waals surface area (Å²) in [6, 6.07) is 0.0688. The predicted octanol–water partition coefficient (Wildman–Crippen LogP) is -1.32. The van der Waals surface area contributed by atoms with Gasteiger partial charge in [0.15, 0.2) is 0 Å². The van der Waals surface area contributed by atoms with Gasteiger partial charge in [0.25, 0.3) is 0 Å². The lowest BCUT2D eigenvalue weighted by atomic mass is 10.3. The van der Waals surface area contributed by atoms with Crippen molar-refractivity contribution in [2.45, 2.75) is 6.92 Å². The Hall–Kier alpha value is -2.00. The third kappa shape index (κ3) is 4.80. The van der Waals surface area contributed by atoms with Gasteiger partial charge in [0.2, 0.25) is 17.7 Å². The minimum atomic E-state index is -0.297. The Morgan fingerprint density at radius 2 is 2.05 bits per heavy atom. The van der Waals surface area contributed by atoms with E-state index in [4.69, 9.17) is 4.42 Å². The summed E-state index contributed by atoms with van der Waals surface area (Å²) in [5, 5.41) is 13.0. The molecule has 1 aromatic heterocycles. The Bertz CT molecular complexity index is 497. The minimum Gasteiger partial charge on any atom is -0.408 e. The van der Waals surface area contributed by atoms with E-state index >= 15 is 0 Å². The van der Waals surface area contributed by atoms with Crippen LogP contribution in [-0.2, 0) is 9.59 Å². The Balaban J connectivity index is 1.74. The van der Waals surface area contributed by atoms with Gasteiger partial charge in [0.05, 0.1) is 13.1 Å². The van der Waals surface area contributed by atoms with Crippen molar-refractivity contribution < 1.29 is 14.0 Å². The molecule has 9 nitrogen and oxygen atoms in total. The van der Waals surface area contributed by atoms with Crippen molar-refractivity contribution in [3.63, 3.8) is 0 Å². The average Bonchev–Trinajstić information content (AvgIpc) is 2.84. The molecule has 1 aliphatic heterocycles. The van der Waals surface area contributed by atoms with E-state index in [2.05, 4.69) is 20.8 Å². The van der Waals surface area contributed by atoms with Gasteiger partial charge in [0, 0.05) is 33.1 Å². The van der Waals surface area contributed by atoms with Crippen LogP contribution >= 0.6 is 0 Å². The number of aromatic nitrogens is 2. The molecule has 2 N–H and O–H groups in total. The average molecular weight is 296 g/mol. The molecule has 1 aliphatic rings. The van der Waals surface area contributed by atoms with E-state index in [1.54, 1.807) is 23.8 Å². The molecule has 0 aromatic carbocycles. The lowest BCUT2D eigenvalue weighted by Gasteiger charge is -2.29. The van der Waals surface area contributed by atoms with Gasteiger partial charge in [-0.05, 0) is 7.05 Å². The number of hydrogen-bond donors (Lipinski definition) is 2. The summed E-state index contributed by atoms with van der Waals surface area (Å²) in [5.41, 5.74) is 0. The number of nitrogens with zero attached hydrogens (tertiary/aromatic N) is 4. The van der Waals surface area contributed by atoms with Crippen LogP contribution in [0.4, 0.5) is 6.01 Å². The molecule has 0 bridgehead atoms. The zero-order valence-corrected chi connectivity index (χ0v) is 12.3. The molecule has 0 atom stereocenters. The molecule has 0 radical (unpaired) electrons. The van der Waals surface area contributed by atoms with Crippen LogP contribution in [0.25, 0.3) is 0 Å². The Kier molecular flexibility index (Phi) is 5.23. The minimum absolute atomic E-state index is 0.0282. The maximum Gasteiger partial charge on any atom is 0.322 e. The molecule has 1 aromatic rings. The smallest absolute Gasteiger partial charge is 0.322 e. The highest BCUT2D eigenvalue weighted by molar-refractivity contribution is 5.90. The van der Waals surface area contributed by atoms with Crippen molar-refractivity contribution in [1.29, 1.82) is 0 Å². The molecule has 1 saturated heterocycles. The summed E-state index contributed by atoms with van der Waals surface area (Å²) in [7, 11) is 1.72. The maximum absolute atomic E-state index is 12.0. The second kappa shape index (κ2) is 7.14. The van der Waals surface area contributed by atoms with Crippen LogP contribution in [0, 0.1) is 6.92 Å². The third-order valence-corrected chi connectivity index (χ3v) is 3.06. The first-order valence-corrected chi connectivity index (χ1v) is 6.81. The molecule has 2 rings (SSSR count). The van der Waals surface area contributed by atoms with Crippen molar-refractivity contribution in [2.24, 2.45) is 0 Å². The van der Waals surface area contributed by atoms with Gasteiger partial charge in [-0.15, -0.1) is 5.10 Å². The number of carbonyl (C=O) groups is 2. The monoisotopic (exact) mass is 296 g/mol. The number of aryl methyl sites for hydroxylation is 1. The molecule has 2 amide bonds. The molecule has 0 saturated carbocycles. The number of piperazine rings is 1. The van der Waals surface area contributed by atoms with Gasteiger partial charge in [-0.3, -0.25) is 19.8 Å². The van der Waals surface area contributed by atoms with Crippen molar-refractivity contribution >= 4 is 17.8 Å². The molecule has 2 heterocycles. The number of carbonyl (C=O) groups excluding carboxylic acids is 2. The summed E-state index contributed by atoms with van der Waals surface area (Å²) in [6.45, 7) is 4.97. The van der Waals surface area contributed by atoms with E-state index in [9.17, 15) is 9.59 Å². The quantitative estimate of drug-likeness (QED) is 0.694. The Morgan fingerprint density at radius 3 is 2.67 bits per heavy atom. The largest absolute Gasteiger partial charge is 0.408 e. The highest BCUT2D eigenvalue weighted by Gasteiger charge is 2.19. The van der Waals surface area contributed by atoms with E-state index in [1.165, 1.54) is 0 Å². The molecular weight excluding hydrogens is 276 g/mol. The fourth-order valence-corrected chi connectivity index (χ4v) is 2.05. The normalized spacial score (nSPS) is 15.3. The summed E-state index contributed by atoms with van der Waals surface area (Å²) >= 11 is 0. The number of rotatable bonds is 5. The zero-order chi connectivity index (χ0) is 15.2. The first-order chi connectivity index (χ1) is 10.0. The van der Waals surface area contributed by atoms with E-state index in [0.29, 0.717) is 19.0 Å². The standard InChI is InChI=1S/C12H20N6O3/c1-9-15-16-12(21-9)14-10(19)7-17(2)8-11(20)18-5-3-13-4-6-18/h13H,3-8H2,1-2H3,(H,14,16,19). The highest BCUT2D eigenvalue weighted by atomic mass is 16.4. The first kappa shape index (κ1) is 15.4. The number of hydrogen-bond acceptors (Lipinski definition) is 7. The van der Waals surface area contributed by atoms with E-state index in [0.717, 1.165) is 13.1 Å². The van der Waals surface area contributed by atoms with Gasteiger partial charge in [-0.2, -0.15) is 0 Å². The number of likely N-dealkylation sites (N-methyl/N-ethyl adjacent to an activating group) is 1. The van der Waals surface area contributed by atoms with Crippen LogP contribution < -0.4 is 10.6 Å². The first-order valence-electron chi connectivity index (χ1n) is 6.81. The molecule has 21 heavy (non-hydrogen) atoms. The fraction of sp³-hybridized carbons (Fsp3) is 0.667. The fourth-order valence-electron chi connectivity index (χ4n) is 2.05. The molecule has 9 heteroatoms. The molecule has 1 fully saturated rings. The summed E-state index contributed by atoms with van der Waals surface area (Å²) in [5.74, 6) is 0.113. The van der Waals surface area contributed by atoms with Crippen LogP contribution in [0.3, 0.4) is 0 Å². The molecule has 0 aliphatic carbocycles. The molecular formula is C12H20N6O3. The van der Waals surface area contributed by atoms with Gasteiger partial charge in [0.1, 0.15) is 0 Å².